The number of aliphatic carboxylic acids is 1. The number of amides is 1. The second-order valence-electron chi connectivity index (χ2n) is 9.38. The Hall–Kier alpha value is -5.05. The van der Waals surface area contributed by atoms with Crippen LogP contribution in [0.1, 0.15) is 27.7 Å². The Bertz CT molecular complexity index is 1620. The van der Waals surface area contributed by atoms with Gasteiger partial charge in [0.1, 0.15) is 0 Å². The third-order valence-electron chi connectivity index (χ3n) is 6.70. The predicted octanol–water partition coefficient (Wildman–Crippen LogP) is 4.92. The summed E-state index contributed by atoms with van der Waals surface area (Å²) < 4.78 is 11.2. The van der Waals surface area contributed by atoms with Gasteiger partial charge in [-0.2, -0.15) is 0 Å². The summed E-state index contributed by atoms with van der Waals surface area (Å²) in [6.45, 7) is 0. The first-order valence-corrected chi connectivity index (χ1v) is 12.2. The van der Waals surface area contributed by atoms with Crippen LogP contribution in [0.2, 0.25) is 0 Å². The molecule has 2 N–H and O–H groups in total. The highest BCUT2D eigenvalue weighted by Gasteiger charge is 2.45. The number of carboxylic acids is 1. The van der Waals surface area contributed by atoms with Gasteiger partial charge >= 0.3 is 5.97 Å². The van der Waals surface area contributed by atoms with Crippen molar-refractivity contribution in [1.82, 2.24) is 0 Å². The predicted molar refractivity (Wildman–Crippen MR) is 146 cm³/mol. The fourth-order valence-electron chi connectivity index (χ4n) is 4.76. The number of fused-ring (bicyclic) bond motifs is 1. The number of carbonyl (C=O) groups is 3. The average molecular weight is 527 g/mol. The number of carbonyl (C=O) groups excluding carboxylic acids is 2. The fourth-order valence-corrected chi connectivity index (χ4v) is 4.76. The number of ketones is 1. The lowest BCUT2D eigenvalue weighted by molar-refractivity contribution is -0.136. The van der Waals surface area contributed by atoms with E-state index < -0.39 is 29.5 Å². The molecule has 1 atom stereocenters. The van der Waals surface area contributed by atoms with Crippen LogP contribution in [0.3, 0.4) is 0 Å². The summed E-state index contributed by atoms with van der Waals surface area (Å²) in [6, 6.07) is 19.6. The van der Waals surface area contributed by atoms with Crippen molar-refractivity contribution in [2.75, 3.05) is 31.0 Å². The molecule has 2 heterocycles. The summed E-state index contributed by atoms with van der Waals surface area (Å²) in [5, 5.41) is 20.8. The maximum atomic E-state index is 13.9. The first-order chi connectivity index (χ1) is 18.7. The standard InChI is InChI=1S/C30H26N2O7/c1-31(2)20-13-9-18(10-14-20)26-25(27(35)23-16-19-5-4-6-22(38-3)29(19)39-23)28(36)30(37)32(26)21-11-7-17(8-12-21)15-24(33)34/h4-14,16,26,36H,15H2,1-3H3,(H,33,34). The summed E-state index contributed by atoms with van der Waals surface area (Å²) >= 11 is 0. The first-order valence-electron chi connectivity index (χ1n) is 12.2. The van der Waals surface area contributed by atoms with E-state index in [2.05, 4.69) is 0 Å². The molecule has 9 nitrogen and oxygen atoms in total. The minimum absolute atomic E-state index is 0.0441. The molecule has 0 saturated heterocycles. The lowest BCUT2D eigenvalue weighted by Crippen LogP contribution is -2.31. The van der Waals surface area contributed by atoms with Crippen molar-refractivity contribution in [3.05, 3.63) is 101 Å². The number of rotatable bonds is 8. The number of aliphatic hydroxyl groups is 1. The van der Waals surface area contributed by atoms with Gasteiger partial charge in [0.25, 0.3) is 5.91 Å². The molecule has 1 aliphatic heterocycles. The number of anilines is 2. The van der Waals surface area contributed by atoms with Gasteiger partial charge in [-0.3, -0.25) is 19.3 Å². The van der Waals surface area contributed by atoms with Crippen LogP contribution >= 0.6 is 0 Å². The van der Waals surface area contributed by atoms with Crippen LogP contribution in [0, 0.1) is 0 Å². The molecule has 1 amide bonds. The number of carboxylic acid groups (broad SMARTS) is 1. The van der Waals surface area contributed by atoms with Crippen molar-refractivity contribution in [2.24, 2.45) is 0 Å². The Morgan fingerprint density at radius 2 is 1.72 bits per heavy atom. The smallest absolute Gasteiger partial charge is 0.307 e. The number of benzene rings is 3. The fraction of sp³-hybridized carbons (Fsp3) is 0.167. The Morgan fingerprint density at radius 1 is 1.03 bits per heavy atom. The molecule has 1 aliphatic rings. The molecule has 0 fully saturated rings. The number of hydrogen-bond donors (Lipinski definition) is 2. The topological polar surface area (TPSA) is 121 Å². The lowest BCUT2D eigenvalue weighted by Gasteiger charge is -2.27. The van der Waals surface area contributed by atoms with Gasteiger partial charge in [0, 0.05) is 30.9 Å². The summed E-state index contributed by atoms with van der Waals surface area (Å²) in [6.07, 6.45) is -0.174. The van der Waals surface area contributed by atoms with E-state index in [1.807, 2.05) is 31.1 Å². The van der Waals surface area contributed by atoms with Gasteiger partial charge < -0.3 is 24.3 Å². The van der Waals surface area contributed by atoms with Crippen molar-refractivity contribution in [3.63, 3.8) is 0 Å². The Labute approximate surface area is 224 Å². The number of ether oxygens (including phenoxy) is 1. The number of hydrogen-bond acceptors (Lipinski definition) is 7. The van der Waals surface area contributed by atoms with E-state index in [9.17, 15) is 19.5 Å². The average Bonchev–Trinajstić information content (AvgIpc) is 3.47. The number of para-hydroxylation sites is 1. The van der Waals surface area contributed by atoms with Crippen molar-refractivity contribution in [3.8, 4) is 5.75 Å². The van der Waals surface area contributed by atoms with E-state index in [1.54, 1.807) is 60.7 Å². The number of nitrogens with zero attached hydrogens (tertiary/aromatic N) is 2. The zero-order valence-corrected chi connectivity index (χ0v) is 21.5. The van der Waals surface area contributed by atoms with Crippen LogP contribution in [-0.2, 0) is 16.0 Å². The van der Waals surface area contributed by atoms with Gasteiger partial charge in [-0.1, -0.05) is 36.4 Å². The molecule has 1 unspecified atom stereocenters. The van der Waals surface area contributed by atoms with Crippen LogP contribution < -0.4 is 14.5 Å². The normalized spacial score (nSPS) is 15.2. The molecule has 9 heteroatoms. The number of furan rings is 1. The zero-order chi connectivity index (χ0) is 27.8. The minimum atomic E-state index is -0.978. The van der Waals surface area contributed by atoms with Crippen molar-refractivity contribution in [2.45, 2.75) is 12.5 Å². The maximum Gasteiger partial charge on any atom is 0.307 e. The first kappa shape index (κ1) is 25.6. The molecule has 0 radical (unpaired) electrons. The maximum absolute atomic E-state index is 13.9. The van der Waals surface area contributed by atoms with Gasteiger partial charge in [0.05, 0.1) is 25.1 Å². The highest BCUT2D eigenvalue weighted by Crippen LogP contribution is 2.43. The Kier molecular flexibility index (Phi) is 6.57. The van der Waals surface area contributed by atoms with Crippen molar-refractivity contribution >= 4 is 40.0 Å². The van der Waals surface area contributed by atoms with E-state index in [1.165, 1.54) is 12.0 Å². The number of methoxy groups -OCH3 is 1. The van der Waals surface area contributed by atoms with Crippen molar-refractivity contribution < 1.29 is 33.8 Å². The summed E-state index contributed by atoms with van der Waals surface area (Å²) in [5.41, 5.74) is 2.73. The van der Waals surface area contributed by atoms with E-state index in [-0.39, 0.29) is 17.8 Å². The molecular weight excluding hydrogens is 500 g/mol. The van der Waals surface area contributed by atoms with Crippen LogP contribution in [0.5, 0.6) is 5.75 Å². The quantitative estimate of drug-likeness (QED) is 0.311. The van der Waals surface area contributed by atoms with E-state index in [0.29, 0.717) is 33.5 Å². The minimum Gasteiger partial charge on any atom is -0.503 e. The second kappa shape index (κ2) is 10.0. The lowest BCUT2D eigenvalue weighted by atomic mass is 9.94. The van der Waals surface area contributed by atoms with Crippen LogP contribution in [0.4, 0.5) is 11.4 Å². The van der Waals surface area contributed by atoms with E-state index in [0.717, 1.165) is 5.69 Å². The van der Waals surface area contributed by atoms with Crippen LogP contribution in [0.15, 0.2) is 88.5 Å². The molecule has 39 heavy (non-hydrogen) atoms. The molecule has 0 saturated carbocycles. The van der Waals surface area contributed by atoms with Crippen LogP contribution in [-0.4, -0.2) is 49.1 Å². The van der Waals surface area contributed by atoms with E-state index >= 15 is 0 Å². The molecule has 0 aliphatic carbocycles. The van der Waals surface area contributed by atoms with Crippen LogP contribution in [0.25, 0.3) is 11.0 Å². The molecule has 198 valence electrons. The molecule has 3 aromatic carbocycles. The molecule has 4 aromatic rings. The molecular formula is C30H26N2O7. The third-order valence-corrected chi connectivity index (χ3v) is 6.70. The SMILES string of the molecule is COc1cccc2cc(C(=O)C3=C(O)C(=O)N(c4ccc(CC(=O)O)cc4)C3c3ccc(N(C)C)cc3)oc12. The molecule has 0 bridgehead atoms. The summed E-state index contributed by atoms with van der Waals surface area (Å²) in [5.74, 6) is -2.63. The highest BCUT2D eigenvalue weighted by atomic mass is 16.5. The summed E-state index contributed by atoms with van der Waals surface area (Å²) in [4.78, 5) is 41.7. The van der Waals surface area contributed by atoms with Gasteiger partial charge in [-0.25, -0.2) is 0 Å². The molecule has 1 aromatic heterocycles. The zero-order valence-electron chi connectivity index (χ0n) is 21.5. The number of aliphatic hydroxyl groups excluding tert-OH is 1. The second-order valence-corrected chi connectivity index (χ2v) is 9.38. The van der Waals surface area contributed by atoms with E-state index in [4.69, 9.17) is 14.3 Å². The van der Waals surface area contributed by atoms with Gasteiger partial charge in [0.2, 0.25) is 5.78 Å². The van der Waals surface area contributed by atoms with Gasteiger partial charge in [-0.15, -0.1) is 0 Å². The van der Waals surface area contributed by atoms with Crippen molar-refractivity contribution in [1.29, 1.82) is 0 Å². The Balaban J connectivity index is 1.62. The monoisotopic (exact) mass is 526 g/mol. The number of Topliss-reactive ketones (excluding diaryl/α,β-unsaturated/α-hetero) is 1. The van der Waals surface area contributed by atoms with Gasteiger partial charge in [-0.05, 0) is 47.5 Å². The third kappa shape index (κ3) is 4.59. The summed E-state index contributed by atoms with van der Waals surface area (Å²) in [7, 11) is 5.29. The Morgan fingerprint density at radius 3 is 2.33 bits per heavy atom. The highest BCUT2D eigenvalue weighted by molar-refractivity contribution is 6.20. The molecule has 5 rings (SSSR count). The largest absolute Gasteiger partial charge is 0.503 e. The van der Waals surface area contributed by atoms with Gasteiger partial charge in [0.15, 0.2) is 22.9 Å². The molecule has 0 spiro atoms.